The van der Waals surface area contributed by atoms with Crippen molar-refractivity contribution in [2.45, 2.75) is 45.2 Å². The van der Waals surface area contributed by atoms with Crippen molar-refractivity contribution in [3.05, 3.63) is 41.6 Å². The highest BCUT2D eigenvalue weighted by Gasteiger charge is 2.45. The molecule has 1 aromatic rings. The first-order valence-corrected chi connectivity index (χ1v) is 10.2. The number of rotatable bonds is 2. The van der Waals surface area contributed by atoms with Crippen LogP contribution in [0.4, 0.5) is 5.69 Å². The maximum Gasteiger partial charge on any atom is 0.264 e. The van der Waals surface area contributed by atoms with Gasteiger partial charge in [0.15, 0.2) is 0 Å². The van der Waals surface area contributed by atoms with E-state index in [2.05, 4.69) is 42.5 Å². The summed E-state index contributed by atoms with van der Waals surface area (Å²) in [6, 6.07) is 4.63. The zero-order valence-electron chi connectivity index (χ0n) is 17.3. The summed E-state index contributed by atoms with van der Waals surface area (Å²) < 4.78 is 0. The van der Waals surface area contributed by atoms with Gasteiger partial charge in [0.1, 0.15) is 6.04 Å². The van der Waals surface area contributed by atoms with Crippen LogP contribution in [0.5, 0.6) is 0 Å². The van der Waals surface area contributed by atoms with E-state index >= 15 is 0 Å². The number of benzene rings is 1. The molecule has 7 nitrogen and oxygen atoms in total. The van der Waals surface area contributed by atoms with E-state index in [1.54, 1.807) is 6.07 Å². The van der Waals surface area contributed by atoms with Gasteiger partial charge in [-0.3, -0.25) is 24.2 Å². The fourth-order valence-electron chi connectivity index (χ4n) is 4.46. The monoisotopic (exact) mass is 396 g/mol. The molecule has 1 aromatic carbocycles. The molecule has 3 heterocycles. The molecule has 0 aromatic heterocycles. The molecular weight excluding hydrogens is 368 g/mol. The molecule has 1 atom stereocenters. The maximum absolute atomic E-state index is 13.3. The normalized spacial score (nSPS) is 23.5. The van der Waals surface area contributed by atoms with Crippen molar-refractivity contribution in [3.63, 3.8) is 0 Å². The van der Waals surface area contributed by atoms with Crippen LogP contribution in [0.3, 0.4) is 0 Å². The molecule has 0 saturated carbocycles. The Kier molecular flexibility index (Phi) is 4.73. The fraction of sp³-hybridized carbons (Fsp3) is 0.500. The lowest BCUT2D eigenvalue weighted by atomic mass is 10.0. The SMILES string of the molecule is C=C1CCC(N2C(=O)c3cccc(N4CCN(C(C)(C)C)CC4)c3C2=O)C(=O)N1. The quantitative estimate of drug-likeness (QED) is 0.774. The number of anilines is 1. The fourth-order valence-corrected chi connectivity index (χ4v) is 4.46. The molecule has 7 heteroatoms. The van der Waals surface area contributed by atoms with Crippen LogP contribution in [0.25, 0.3) is 0 Å². The average Bonchev–Trinajstić information content (AvgIpc) is 2.92. The van der Waals surface area contributed by atoms with Crippen molar-refractivity contribution >= 4 is 23.4 Å². The van der Waals surface area contributed by atoms with Gasteiger partial charge >= 0.3 is 0 Å². The number of carbonyl (C=O) groups is 3. The second kappa shape index (κ2) is 6.99. The molecule has 0 spiro atoms. The molecule has 29 heavy (non-hydrogen) atoms. The minimum absolute atomic E-state index is 0.103. The Hall–Kier alpha value is -2.67. The summed E-state index contributed by atoms with van der Waals surface area (Å²) in [6.07, 6.45) is 0.973. The number of hydrogen-bond acceptors (Lipinski definition) is 5. The minimum Gasteiger partial charge on any atom is -0.368 e. The van der Waals surface area contributed by atoms with Crippen molar-refractivity contribution in [2.24, 2.45) is 0 Å². The van der Waals surface area contributed by atoms with E-state index in [0.717, 1.165) is 36.8 Å². The average molecular weight is 396 g/mol. The lowest BCUT2D eigenvalue weighted by Crippen LogP contribution is -2.54. The molecule has 1 N–H and O–H groups in total. The second-order valence-corrected chi connectivity index (χ2v) is 8.97. The highest BCUT2D eigenvalue weighted by molar-refractivity contribution is 6.25. The Morgan fingerprint density at radius 1 is 1.03 bits per heavy atom. The van der Waals surface area contributed by atoms with Gasteiger partial charge < -0.3 is 10.2 Å². The molecule has 154 valence electrons. The van der Waals surface area contributed by atoms with E-state index in [0.29, 0.717) is 29.7 Å². The van der Waals surface area contributed by atoms with Gasteiger partial charge in [0.25, 0.3) is 11.8 Å². The van der Waals surface area contributed by atoms with E-state index < -0.39 is 6.04 Å². The largest absolute Gasteiger partial charge is 0.368 e. The highest BCUT2D eigenvalue weighted by Crippen LogP contribution is 2.35. The highest BCUT2D eigenvalue weighted by atomic mass is 16.2. The summed E-state index contributed by atoms with van der Waals surface area (Å²) in [5, 5.41) is 2.68. The number of piperidine rings is 1. The predicted molar refractivity (Wildman–Crippen MR) is 111 cm³/mol. The molecule has 2 saturated heterocycles. The summed E-state index contributed by atoms with van der Waals surface area (Å²) in [5.74, 6) is -1.09. The Balaban J connectivity index is 1.61. The topological polar surface area (TPSA) is 73.0 Å². The molecule has 2 fully saturated rings. The third-order valence-electron chi connectivity index (χ3n) is 6.13. The first-order valence-electron chi connectivity index (χ1n) is 10.2. The van der Waals surface area contributed by atoms with Gasteiger partial charge in [-0.25, -0.2) is 0 Å². The van der Waals surface area contributed by atoms with E-state index in [1.807, 2.05) is 12.1 Å². The first kappa shape index (κ1) is 19.6. The van der Waals surface area contributed by atoms with Crippen LogP contribution in [-0.2, 0) is 4.79 Å². The van der Waals surface area contributed by atoms with Gasteiger partial charge in [-0.2, -0.15) is 0 Å². The van der Waals surface area contributed by atoms with Gasteiger partial charge in [0, 0.05) is 37.4 Å². The summed E-state index contributed by atoms with van der Waals surface area (Å²) in [5.41, 5.74) is 2.34. The first-order chi connectivity index (χ1) is 13.7. The van der Waals surface area contributed by atoms with E-state index in [-0.39, 0.29) is 23.3 Å². The molecule has 3 amide bonds. The Labute approximate surface area is 171 Å². The van der Waals surface area contributed by atoms with Crippen LogP contribution in [-0.4, -0.2) is 65.3 Å². The number of piperazine rings is 1. The lowest BCUT2D eigenvalue weighted by Gasteiger charge is -2.43. The maximum atomic E-state index is 13.3. The minimum atomic E-state index is -0.779. The zero-order valence-corrected chi connectivity index (χ0v) is 17.3. The van der Waals surface area contributed by atoms with E-state index in [9.17, 15) is 14.4 Å². The smallest absolute Gasteiger partial charge is 0.264 e. The van der Waals surface area contributed by atoms with Crippen LogP contribution in [0, 0.1) is 0 Å². The van der Waals surface area contributed by atoms with E-state index in [4.69, 9.17) is 0 Å². The van der Waals surface area contributed by atoms with Crippen LogP contribution in [0.2, 0.25) is 0 Å². The number of nitrogens with zero attached hydrogens (tertiary/aromatic N) is 3. The van der Waals surface area contributed by atoms with Gasteiger partial charge in [-0.1, -0.05) is 12.6 Å². The number of allylic oxidation sites excluding steroid dienone is 1. The Bertz CT molecular complexity index is 894. The molecule has 0 radical (unpaired) electrons. The number of nitrogens with one attached hydrogen (secondary N) is 1. The standard InChI is InChI=1S/C22H28N4O3/c1-14-8-9-17(19(27)23-14)26-20(28)15-6-5-7-16(18(15)21(26)29)24-10-12-25(13-11-24)22(2,3)4/h5-7,17H,1,8-13H2,2-4H3,(H,23,27). The Morgan fingerprint density at radius 2 is 1.72 bits per heavy atom. The molecular formula is C22H28N4O3. The van der Waals surface area contributed by atoms with Crippen LogP contribution in [0.15, 0.2) is 30.5 Å². The summed E-state index contributed by atoms with van der Waals surface area (Å²) >= 11 is 0. The number of imide groups is 1. The van der Waals surface area contributed by atoms with Gasteiger partial charge in [-0.15, -0.1) is 0 Å². The molecule has 3 aliphatic heterocycles. The summed E-state index contributed by atoms with van der Waals surface area (Å²) in [6.45, 7) is 13.7. The second-order valence-electron chi connectivity index (χ2n) is 8.97. The van der Waals surface area contributed by atoms with Gasteiger partial charge in [-0.05, 0) is 45.7 Å². The summed E-state index contributed by atoms with van der Waals surface area (Å²) in [4.78, 5) is 44.5. The molecule has 1 unspecified atom stereocenters. The molecule has 3 aliphatic rings. The molecule has 0 bridgehead atoms. The van der Waals surface area contributed by atoms with Crippen LogP contribution >= 0.6 is 0 Å². The van der Waals surface area contributed by atoms with Crippen LogP contribution < -0.4 is 10.2 Å². The van der Waals surface area contributed by atoms with Crippen LogP contribution in [0.1, 0.15) is 54.3 Å². The van der Waals surface area contributed by atoms with Crippen molar-refractivity contribution in [1.29, 1.82) is 0 Å². The zero-order chi connectivity index (χ0) is 20.9. The molecule has 0 aliphatic carbocycles. The summed E-state index contributed by atoms with van der Waals surface area (Å²) in [7, 11) is 0. The third kappa shape index (κ3) is 3.33. The van der Waals surface area contributed by atoms with Crippen molar-refractivity contribution in [2.75, 3.05) is 31.1 Å². The van der Waals surface area contributed by atoms with Crippen molar-refractivity contribution < 1.29 is 14.4 Å². The number of amides is 3. The van der Waals surface area contributed by atoms with Crippen molar-refractivity contribution in [1.82, 2.24) is 15.1 Å². The van der Waals surface area contributed by atoms with Gasteiger partial charge in [0.2, 0.25) is 5.91 Å². The number of carbonyl (C=O) groups excluding carboxylic acids is 3. The number of hydrogen-bond donors (Lipinski definition) is 1. The van der Waals surface area contributed by atoms with E-state index in [1.165, 1.54) is 0 Å². The van der Waals surface area contributed by atoms with Crippen molar-refractivity contribution in [3.8, 4) is 0 Å². The number of fused-ring (bicyclic) bond motifs is 1. The van der Waals surface area contributed by atoms with Gasteiger partial charge in [0.05, 0.1) is 16.8 Å². The third-order valence-corrected chi connectivity index (χ3v) is 6.13. The molecule has 4 rings (SSSR count). The lowest BCUT2D eigenvalue weighted by molar-refractivity contribution is -0.125. The predicted octanol–water partition coefficient (Wildman–Crippen LogP) is 2.00. The Morgan fingerprint density at radius 3 is 2.34 bits per heavy atom.